The molecule has 0 saturated carbocycles. The van der Waals surface area contributed by atoms with Crippen LogP contribution in [0.25, 0.3) is 10.8 Å². The smallest absolute Gasteiger partial charge is 0.407 e. The number of nitrogens with zero attached hydrogens (tertiary/aromatic N) is 1. The third-order valence-electron chi connectivity index (χ3n) is 3.97. The molecule has 3 rings (SSSR count). The van der Waals surface area contributed by atoms with E-state index in [-0.39, 0.29) is 19.1 Å². The normalized spacial score (nSPS) is 10.4. The van der Waals surface area contributed by atoms with Gasteiger partial charge >= 0.3 is 6.09 Å². The first-order valence-electron chi connectivity index (χ1n) is 9.03. The Labute approximate surface area is 176 Å². The molecule has 0 aliphatic rings. The predicted molar refractivity (Wildman–Crippen MR) is 113 cm³/mol. The Hall–Kier alpha value is -3.13. The molecule has 0 unspecified atom stereocenters. The van der Waals surface area contributed by atoms with E-state index >= 15 is 0 Å². The highest BCUT2D eigenvalue weighted by Gasteiger charge is 2.07. The molecule has 2 amide bonds. The minimum absolute atomic E-state index is 0.0587. The molecular formula is C21H20BrN3O4. The van der Waals surface area contributed by atoms with Crippen LogP contribution in [0.5, 0.6) is 5.75 Å². The molecule has 0 atom stereocenters. The molecule has 2 aromatic carbocycles. The van der Waals surface area contributed by atoms with Crippen LogP contribution < -0.4 is 15.4 Å². The van der Waals surface area contributed by atoms with E-state index in [1.54, 1.807) is 12.3 Å². The SMILES string of the molecule is O=C(NCCOc1cccc2ccccc12)OCCNC(=O)c1cncc(Br)c1. The summed E-state index contributed by atoms with van der Waals surface area (Å²) in [5.41, 5.74) is 0.425. The third kappa shape index (κ3) is 6.18. The topological polar surface area (TPSA) is 89.5 Å². The lowest BCUT2D eigenvalue weighted by Crippen LogP contribution is -2.32. The van der Waals surface area contributed by atoms with Gasteiger partial charge in [0.25, 0.3) is 5.91 Å². The molecule has 3 aromatic rings. The van der Waals surface area contributed by atoms with Crippen molar-refractivity contribution in [3.63, 3.8) is 0 Å². The Bertz CT molecular complexity index is 991. The summed E-state index contributed by atoms with van der Waals surface area (Å²) in [6.07, 6.45) is 2.49. The molecule has 0 spiro atoms. The summed E-state index contributed by atoms with van der Waals surface area (Å²) in [7, 11) is 0. The number of amides is 2. The summed E-state index contributed by atoms with van der Waals surface area (Å²) in [4.78, 5) is 27.6. The van der Waals surface area contributed by atoms with Crippen molar-refractivity contribution in [3.05, 3.63) is 71.0 Å². The average molecular weight is 458 g/mol. The van der Waals surface area contributed by atoms with Crippen molar-refractivity contribution >= 4 is 38.7 Å². The minimum atomic E-state index is -0.565. The zero-order valence-corrected chi connectivity index (χ0v) is 17.1. The zero-order chi connectivity index (χ0) is 20.5. The van der Waals surface area contributed by atoms with Crippen LogP contribution in [0.4, 0.5) is 4.79 Å². The van der Waals surface area contributed by atoms with Gasteiger partial charge in [0.2, 0.25) is 0 Å². The third-order valence-corrected chi connectivity index (χ3v) is 4.40. The van der Waals surface area contributed by atoms with E-state index in [4.69, 9.17) is 9.47 Å². The lowest BCUT2D eigenvalue weighted by atomic mass is 10.1. The molecule has 1 heterocycles. The summed E-state index contributed by atoms with van der Waals surface area (Å²) in [6.45, 7) is 0.877. The van der Waals surface area contributed by atoms with E-state index in [1.165, 1.54) is 6.20 Å². The molecule has 0 aliphatic heterocycles. The molecule has 0 aliphatic carbocycles. The molecule has 0 bridgehead atoms. The second-order valence-corrected chi connectivity index (χ2v) is 6.95. The summed E-state index contributed by atoms with van der Waals surface area (Å²) in [5, 5.41) is 7.39. The van der Waals surface area contributed by atoms with Crippen LogP contribution in [0.1, 0.15) is 10.4 Å². The van der Waals surface area contributed by atoms with Crippen LogP contribution in [-0.4, -0.2) is 43.3 Å². The van der Waals surface area contributed by atoms with Gasteiger partial charge in [0, 0.05) is 22.3 Å². The summed E-state index contributed by atoms with van der Waals surface area (Å²) >= 11 is 3.26. The van der Waals surface area contributed by atoms with E-state index in [2.05, 4.69) is 31.5 Å². The van der Waals surface area contributed by atoms with Gasteiger partial charge in [0.05, 0.1) is 18.7 Å². The number of aromatic nitrogens is 1. The summed E-state index contributed by atoms with van der Waals surface area (Å²) < 4.78 is 11.5. The number of carbonyl (C=O) groups is 2. The Morgan fingerprint density at radius 3 is 2.62 bits per heavy atom. The highest BCUT2D eigenvalue weighted by molar-refractivity contribution is 9.10. The molecule has 2 N–H and O–H groups in total. The lowest BCUT2D eigenvalue weighted by Gasteiger charge is -2.11. The average Bonchev–Trinajstić information content (AvgIpc) is 2.74. The molecule has 150 valence electrons. The number of benzene rings is 2. The predicted octanol–water partition coefficient (Wildman–Crippen LogP) is 3.53. The lowest BCUT2D eigenvalue weighted by molar-refractivity contribution is 0.0933. The fourth-order valence-electron chi connectivity index (χ4n) is 2.63. The maximum Gasteiger partial charge on any atom is 0.407 e. The van der Waals surface area contributed by atoms with E-state index in [0.29, 0.717) is 23.2 Å². The van der Waals surface area contributed by atoms with Crippen molar-refractivity contribution in [2.24, 2.45) is 0 Å². The Balaban J connectivity index is 1.32. The van der Waals surface area contributed by atoms with E-state index in [0.717, 1.165) is 16.5 Å². The largest absolute Gasteiger partial charge is 0.491 e. The molecular weight excluding hydrogens is 438 g/mol. The fourth-order valence-corrected chi connectivity index (χ4v) is 3.00. The van der Waals surface area contributed by atoms with Crippen LogP contribution in [-0.2, 0) is 4.74 Å². The van der Waals surface area contributed by atoms with Gasteiger partial charge in [-0.05, 0) is 33.4 Å². The fraction of sp³-hybridized carbons (Fsp3) is 0.190. The van der Waals surface area contributed by atoms with Crippen LogP contribution in [0.15, 0.2) is 65.4 Å². The monoisotopic (exact) mass is 457 g/mol. The number of pyridine rings is 1. The van der Waals surface area contributed by atoms with Crippen LogP contribution in [0, 0.1) is 0 Å². The number of rotatable bonds is 8. The van der Waals surface area contributed by atoms with E-state index < -0.39 is 6.09 Å². The first-order valence-corrected chi connectivity index (χ1v) is 9.83. The van der Waals surface area contributed by atoms with Gasteiger partial charge in [0.1, 0.15) is 19.0 Å². The maximum absolute atomic E-state index is 11.9. The molecule has 0 radical (unpaired) electrons. The number of carbonyl (C=O) groups excluding carboxylic acids is 2. The highest BCUT2D eigenvalue weighted by Crippen LogP contribution is 2.24. The maximum atomic E-state index is 11.9. The number of ether oxygens (including phenoxy) is 2. The van der Waals surface area contributed by atoms with Crippen molar-refractivity contribution < 1.29 is 19.1 Å². The van der Waals surface area contributed by atoms with Gasteiger partial charge in [-0.3, -0.25) is 9.78 Å². The number of halogens is 1. The Morgan fingerprint density at radius 1 is 0.966 bits per heavy atom. The Morgan fingerprint density at radius 2 is 1.76 bits per heavy atom. The van der Waals surface area contributed by atoms with Gasteiger partial charge < -0.3 is 20.1 Å². The van der Waals surface area contributed by atoms with Crippen LogP contribution in [0.3, 0.4) is 0 Å². The van der Waals surface area contributed by atoms with Crippen LogP contribution in [0.2, 0.25) is 0 Å². The van der Waals surface area contributed by atoms with E-state index in [9.17, 15) is 9.59 Å². The van der Waals surface area contributed by atoms with Crippen molar-refractivity contribution in [2.75, 3.05) is 26.3 Å². The van der Waals surface area contributed by atoms with Crippen molar-refractivity contribution in [1.29, 1.82) is 0 Å². The second kappa shape index (κ2) is 10.4. The first kappa shape index (κ1) is 20.6. The standard InChI is InChI=1S/C21H20BrN3O4/c22-17-12-16(13-23-14-17)20(26)24-8-11-29-21(27)25-9-10-28-19-7-3-5-15-4-1-2-6-18(15)19/h1-7,12-14H,8-11H2,(H,24,26)(H,25,27). The van der Waals surface area contributed by atoms with Gasteiger partial charge in [-0.1, -0.05) is 36.4 Å². The molecule has 8 heteroatoms. The van der Waals surface area contributed by atoms with E-state index in [1.807, 2.05) is 42.5 Å². The molecule has 29 heavy (non-hydrogen) atoms. The summed E-state index contributed by atoms with van der Waals surface area (Å²) in [5.74, 6) is 0.481. The van der Waals surface area contributed by atoms with Crippen molar-refractivity contribution in [2.45, 2.75) is 0 Å². The number of hydrogen-bond donors (Lipinski definition) is 2. The number of nitrogens with one attached hydrogen (secondary N) is 2. The number of fused-ring (bicyclic) bond motifs is 1. The van der Waals surface area contributed by atoms with Crippen molar-refractivity contribution in [3.8, 4) is 5.75 Å². The van der Waals surface area contributed by atoms with Gasteiger partial charge in [-0.25, -0.2) is 4.79 Å². The zero-order valence-electron chi connectivity index (χ0n) is 15.6. The number of hydrogen-bond acceptors (Lipinski definition) is 5. The van der Waals surface area contributed by atoms with Gasteiger partial charge in [0.15, 0.2) is 0 Å². The first-order chi connectivity index (χ1) is 14.1. The molecule has 1 aromatic heterocycles. The number of alkyl carbamates (subject to hydrolysis) is 1. The minimum Gasteiger partial charge on any atom is -0.491 e. The Kier molecular flexibility index (Phi) is 7.40. The quantitative estimate of drug-likeness (QED) is 0.505. The van der Waals surface area contributed by atoms with Crippen molar-refractivity contribution in [1.82, 2.24) is 15.6 Å². The molecule has 0 saturated heterocycles. The van der Waals surface area contributed by atoms with Gasteiger partial charge in [-0.2, -0.15) is 0 Å². The summed E-state index contributed by atoms with van der Waals surface area (Å²) in [6, 6.07) is 15.4. The second-order valence-electron chi connectivity index (χ2n) is 6.04. The molecule has 0 fully saturated rings. The van der Waals surface area contributed by atoms with Crippen LogP contribution >= 0.6 is 15.9 Å². The van der Waals surface area contributed by atoms with Gasteiger partial charge in [-0.15, -0.1) is 0 Å². The highest BCUT2D eigenvalue weighted by atomic mass is 79.9. The molecule has 7 nitrogen and oxygen atoms in total.